The lowest BCUT2D eigenvalue weighted by Gasteiger charge is -2.11. The average Bonchev–Trinajstić information content (AvgIpc) is 2.28. The van der Waals surface area contributed by atoms with Crippen LogP contribution in [0.25, 0.3) is 0 Å². The van der Waals surface area contributed by atoms with E-state index in [9.17, 15) is 14.9 Å². The maximum atomic E-state index is 11.1. The molecule has 0 aliphatic carbocycles. The maximum absolute atomic E-state index is 11.1. The van der Waals surface area contributed by atoms with Gasteiger partial charge in [-0.05, 0) is 29.0 Å². The molecule has 0 aliphatic heterocycles. The largest absolute Gasteiger partial charge is 0.471 e. The van der Waals surface area contributed by atoms with Crippen LogP contribution in [0.5, 0.6) is 5.75 Å². The SMILES string of the molecule is COC(=O)[C@@H](C)Oc1cccnc1[N+](=O)[O-]. The number of pyridine rings is 1. The van der Waals surface area contributed by atoms with Crippen molar-refractivity contribution in [1.29, 1.82) is 0 Å². The number of ether oxygens (including phenoxy) is 2. The molecule has 0 fully saturated rings. The molecule has 0 saturated heterocycles. The lowest BCUT2D eigenvalue weighted by Crippen LogP contribution is -2.25. The van der Waals surface area contributed by atoms with Crippen molar-refractivity contribution in [1.82, 2.24) is 4.98 Å². The molecule has 0 amide bonds. The van der Waals surface area contributed by atoms with E-state index in [4.69, 9.17) is 4.74 Å². The van der Waals surface area contributed by atoms with Gasteiger partial charge in [0, 0.05) is 0 Å². The van der Waals surface area contributed by atoms with Gasteiger partial charge in [0.1, 0.15) is 6.20 Å². The lowest BCUT2D eigenvalue weighted by molar-refractivity contribution is -0.390. The molecule has 1 heterocycles. The molecule has 0 aliphatic rings. The van der Waals surface area contributed by atoms with E-state index in [1.54, 1.807) is 0 Å². The van der Waals surface area contributed by atoms with Crippen LogP contribution in [0.2, 0.25) is 0 Å². The average molecular weight is 226 g/mol. The van der Waals surface area contributed by atoms with Gasteiger partial charge in [0.15, 0.2) is 6.10 Å². The third-order valence-corrected chi connectivity index (χ3v) is 1.76. The second-order valence-electron chi connectivity index (χ2n) is 2.87. The topological polar surface area (TPSA) is 91.6 Å². The summed E-state index contributed by atoms with van der Waals surface area (Å²) < 4.78 is 9.51. The van der Waals surface area contributed by atoms with Crippen LogP contribution in [0.3, 0.4) is 0 Å². The molecule has 1 aromatic heterocycles. The highest BCUT2D eigenvalue weighted by molar-refractivity contribution is 5.74. The number of hydrogen-bond acceptors (Lipinski definition) is 6. The van der Waals surface area contributed by atoms with Gasteiger partial charge in [-0.2, -0.15) is 0 Å². The molecule has 7 heteroatoms. The van der Waals surface area contributed by atoms with Crippen molar-refractivity contribution < 1.29 is 19.2 Å². The van der Waals surface area contributed by atoms with Crippen molar-refractivity contribution in [3.8, 4) is 5.75 Å². The van der Waals surface area contributed by atoms with E-state index in [0.29, 0.717) is 0 Å². The lowest BCUT2D eigenvalue weighted by atomic mass is 10.4. The number of esters is 1. The molecule has 7 nitrogen and oxygen atoms in total. The highest BCUT2D eigenvalue weighted by Gasteiger charge is 2.21. The van der Waals surface area contributed by atoms with Crippen molar-refractivity contribution in [3.05, 3.63) is 28.4 Å². The zero-order valence-corrected chi connectivity index (χ0v) is 8.75. The van der Waals surface area contributed by atoms with E-state index in [2.05, 4.69) is 9.72 Å². The number of methoxy groups -OCH3 is 1. The van der Waals surface area contributed by atoms with Gasteiger partial charge in [0.25, 0.3) is 0 Å². The number of hydrogen-bond donors (Lipinski definition) is 0. The van der Waals surface area contributed by atoms with Crippen LogP contribution in [0.1, 0.15) is 6.92 Å². The van der Waals surface area contributed by atoms with Gasteiger partial charge >= 0.3 is 11.8 Å². The van der Waals surface area contributed by atoms with Gasteiger partial charge in [0.2, 0.25) is 5.75 Å². The van der Waals surface area contributed by atoms with E-state index >= 15 is 0 Å². The first kappa shape index (κ1) is 11.9. The highest BCUT2D eigenvalue weighted by Crippen LogP contribution is 2.24. The van der Waals surface area contributed by atoms with Gasteiger partial charge in [-0.3, -0.25) is 0 Å². The Balaban J connectivity index is 2.88. The highest BCUT2D eigenvalue weighted by atomic mass is 16.6. The fourth-order valence-corrected chi connectivity index (χ4v) is 1.02. The summed E-state index contributed by atoms with van der Waals surface area (Å²) in [6, 6.07) is 2.84. The van der Waals surface area contributed by atoms with Crippen LogP contribution in [0.15, 0.2) is 18.3 Å². The molecule has 0 saturated carbocycles. The van der Waals surface area contributed by atoms with Gasteiger partial charge in [-0.1, -0.05) is 0 Å². The summed E-state index contributed by atoms with van der Waals surface area (Å²) in [7, 11) is 1.21. The molecule has 16 heavy (non-hydrogen) atoms. The van der Waals surface area contributed by atoms with Crippen LogP contribution >= 0.6 is 0 Å². The number of carbonyl (C=O) groups excluding carboxylic acids is 1. The van der Waals surface area contributed by atoms with Gasteiger partial charge in [-0.25, -0.2) is 4.79 Å². The first-order valence-electron chi connectivity index (χ1n) is 4.40. The third-order valence-electron chi connectivity index (χ3n) is 1.76. The molecule has 86 valence electrons. The Morgan fingerprint density at radius 3 is 2.88 bits per heavy atom. The molecule has 0 spiro atoms. The number of rotatable bonds is 4. The summed E-state index contributed by atoms with van der Waals surface area (Å²) in [5.74, 6) is -1.11. The van der Waals surface area contributed by atoms with Crippen LogP contribution in [-0.4, -0.2) is 29.1 Å². The Hall–Kier alpha value is -2.18. The second kappa shape index (κ2) is 5.06. The molecule has 1 atom stereocenters. The Labute approximate surface area is 91.2 Å². The number of nitrogens with zero attached hydrogens (tertiary/aromatic N) is 2. The van der Waals surface area contributed by atoms with E-state index in [0.717, 1.165) is 0 Å². The summed E-state index contributed by atoms with van der Waals surface area (Å²) in [6.07, 6.45) is 0.348. The zero-order valence-electron chi connectivity index (χ0n) is 8.75. The molecule has 0 bridgehead atoms. The second-order valence-corrected chi connectivity index (χ2v) is 2.87. The summed E-state index contributed by atoms with van der Waals surface area (Å²) in [5.41, 5.74) is 0. The first-order chi connectivity index (χ1) is 7.56. The van der Waals surface area contributed by atoms with Gasteiger partial charge < -0.3 is 19.6 Å². The zero-order chi connectivity index (χ0) is 12.1. The fraction of sp³-hybridized carbons (Fsp3) is 0.333. The molecule has 0 aromatic carbocycles. The normalized spacial score (nSPS) is 11.6. The van der Waals surface area contributed by atoms with Crippen LogP contribution in [0.4, 0.5) is 5.82 Å². The molecule has 1 rings (SSSR count). The van der Waals surface area contributed by atoms with Crippen molar-refractivity contribution in [2.24, 2.45) is 0 Å². The summed E-state index contributed by atoms with van der Waals surface area (Å²) in [4.78, 5) is 24.5. The van der Waals surface area contributed by atoms with E-state index < -0.39 is 22.8 Å². The number of carbonyl (C=O) groups is 1. The fourth-order valence-electron chi connectivity index (χ4n) is 1.02. The quantitative estimate of drug-likeness (QED) is 0.431. The van der Waals surface area contributed by atoms with Crippen LogP contribution in [0, 0.1) is 10.1 Å². The van der Waals surface area contributed by atoms with Gasteiger partial charge in [-0.15, -0.1) is 0 Å². The maximum Gasteiger partial charge on any atom is 0.406 e. The van der Waals surface area contributed by atoms with Crippen molar-refractivity contribution in [3.63, 3.8) is 0 Å². The Morgan fingerprint density at radius 2 is 2.31 bits per heavy atom. The van der Waals surface area contributed by atoms with E-state index in [1.807, 2.05) is 0 Å². The van der Waals surface area contributed by atoms with Crippen LogP contribution < -0.4 is 4.74 Å². The molecule has 0 unspecified atom stereocenters. The Morgan fingerprint density at radius 1 is 1.62 bits per heavy atom. The summed E-state index contributed by atoms with van der Waals surface area (Å²) in [6.45, 7) is 1.43. The number of aromatic nitrogens is 1. The third kappa shape index (κ3) is 2.66. The molecule has 0 N–H and O–H groups in total. The van der Waals surface area contributed by atoms with Crippen molar-refractivity contribution in [2.75, 3.05) is 7.11 Å². The predicted molar refractivity (Wildman–Crippen MR) is 53.0 cm³/mol. The van der Waals surface area contributed by atoms with Crippen molar-refractivity contribution >= 4 is 11.8 Å². The standard InChI is InChI=1S/C9H10N2O5/c1-6(9(12)15-2)16-7-4-3-5-10-8(7)11(13)14/h3-6H,1-2H3/t6-/m1/s1. The minimum atomic E-state index is -0.923. The Bertz CT molecular complexity index is 407. The Kier molecular flexibility index (Phi) is 3.76. The minimum absolute atomic E-state index is 0.0644. The van der Waals surface area contributed by atoms with E-state index in [-0.39, 0.29) is 5.75 Å². The predicted octanol–water partition coefficient (Wildman–Crippen LogP) is 0.930. The minimum Gasteiger partial charge on any atom is -0.471 e. The van der Waals surface area contributed by atoms with Crippen molar-refractivity contribution in [2.45, 2.75) is 13.0 Å². The molecule has 1 aromatic rings. The van der Waals surface area contributed by atoms with Crippen LogP contribution in [-0.2, 0) is 9.53 Å². The molecule has 0 radical (unpaired) electrons. The monoisotopic (exact) mass is 226 g/mol. The molecular weight excluding hydrogens is 216 g/mol. The summed E-state index contributed by atoms with van der Waals surface area (Å²) in [5, 5.41) is 10.6. The summed E-state index contributed by atoms with van der Waals surface area (Å²) >= 11 is 0. The first-order valence-corrected chi connectivity index (χ1v) is 4.40. The molecular formula is C9H10N2O5. The smallest absolute Gasteiger partial charge is 0.406 e. The van der Waals surface area contributed by atoms with Gasteiger partial charge in [0.05, 0.1) is 7.11 Å². The van der Waals surface area contributed by atoms with E-state index in [1.165, 1.54) is 32.4 Å². The number of nitro groups is 1.